The van der Waals surface area contributed by atoms with Gasteiger partial charge in [0.25, 0.3) is 0 Å². The molecule has 0 heterocycles. The van der Waals surface area contributed by atoms with Gasteiger partial charge in [0.1, 0.15) is 0 Å². The third-order valence-electron chi connectivity index (χ3n) is 5.53. The topological polar surface area (TPSA) is 41.5 Å². The van der Waals surface area contributed by atoms with Crippen molar-refractivity contribution in [2.24, 2.45) is 17.8 Å². The highest BCUT2D eigenvalue weighted by Gasteiger charge is 2.41. The molecule has 2 aliphatic carbocycles. The molecule has 22 heavy (non-hydrogen) atoms. The first-order valence-corrected chi connectivity index (χ1v) is 8.75. The van der Waals surface area contributed by atoms with Gasteiger partial charge in [0, 0.05) is 12.6 Å². The van der Waals surface area contributed by atoms with Gasteiger partial charge in [0.05, 0.1) is 19.3 Å². The fourth-order valence-electron chi connectivity index (χ4n) is 4.33. The van der Waals surface area contributed by atoms with Crippen LogP contribution < -0.4 is 5.32 Å². The van der Waals surface area contributed by atoms with E-state index in [9.17, 15) is 5.11 Å². The Balaban J connectivity index is 1.31. The molecular formula is C19H29NO2. The third-order valence-corrected chi connectivity index (χ3v) is 5.53. The fourth-order valence-corrected chi connectivity index (χ4v) is 4.33. The molecule has 122 valence electrons. The van der Waals surface area contributed by atoms with Crippen LogP contribution in [0.25, 0.3) is 0 Å². The van der Waals surface area contributed by atoms with Gasteiger partial charge < -0.3 is 15.2 Å². The average Bonchev–Trinajstić information content (AvgIpc) is 3.17. The standard InChI is InChI=1S/C19H29NO2/c1-14(19-10-16-7-8-17(19)9-16)20-11-18(21)13-22-12-15-5-3-2-4-6-15/h2-6,14,16-21H,7-13H2,1H3/t14-,16-,17-,18+,19+/m0/s1. The average molecular weight is 303 g/mol. The number of fused-ring (bicyclic) bond motifs is 2. The Labute approximate surface area is 134 Å². The lowest BCUT2D eigenvalue weighted by Crippen LogP contribution is -2.41. The lowest BCUT2D eigenvalue weighted by molar-refractivity contribution is 0.0263. The molecule has 0 spiro atoms. The molecule has 2 bridgehead atoms. The van der Waals surface area contributed by atoms with Crippen LogP contribution in [0.3, 0.4) is 0 Å². The molecule has 0 radical (unpaired) electrons. The van der Waals surface area contributed by atoms with Crippen molar-refractivity contribution in [3.63, 3.8) is 0 Å². The first kappa shape index (κ1) is 16.0. The summed E-state index contributed by atoms with van der Waals surface area (Å²) in [4.78, 5) is 0. The molecule has 0 saturated heterocycles. The normalized spacial score (nSPS) is 29.6. The van der Waals surface area contributed by atoms with Crippen molar-refractivity contribution in [2.75, 3.05) is 13.2 Å². The van der Waals surface area contributed by atoms with Crippen LogP contribution in [0.5, 0.6) is 0 Å². The van der Waals surface area contributed by atoms with Gasteiger partial charge in [-0.3, -0.25) is 0 Å². The maximum atomic E-state index is 10.1. The van der Waals surface area contributed by atoms with Gasteiger partial charge in [-0.15, -0.1) is 0 Å². The van der Waals surface area contributed by atoms with E-state index >= 15 is 0 Å². The summed E-state index contributed by atoms with van der Waals surface area (Å²) in [6.07, 6.45) is 5.28. The number of nitrogens with one attached hydrogen (secondary N) is 1. The van der Waals surface area contributed by atoms with Crippen LogP contribution in [0.1, 0.15) is 38.2 Å². The van der Waals surface area contributed by atoms with E-state index in [0.29, 0.717) is 25.8 Å². The van der Waals surface area contributed by atoms with E-state index in [-0.39, 0.29) is 0 Å². The number of ether oxygens (including phenoxy) is 1. The van der Waals surface area contributed by atoms with Crippen molar-refractivity contribution in [1.29, 1.82) is 0 Å². The molecule has 3 rings (SSSR count). The van der Waals surface area contributed by atoms with Gasteiger partial charge in [-0.05, 0) is 49.5 Å². The Hall–Kier alpha value is -0.900. The second-order valence-corrected chi connectivity index (χ2v) is 7.19. The summed E-state index contributed by atoms with van der Waals surface area (Å²) < 4.78 is 5.60. The third kappa shape index (κ3) is 4.09. The van der Waals surface area contributed by atoms with Gasteiger partial charge in [0.2, 0.25) is 0 Å². The highest BCUT2D eigenvalue weighted by atomic mass is 16.5. The summed E-state index contributed by atoms with van der Waals surface area (Å²) >= 11 is 0. The number of aliphatic hydroxyl groups excluding tert-OH is 1. The monoisotopic (exact) mass is 303 g/mol. The Kier molecular flexibility index (Phi) is 5.51. The summed E-state index contributed by atoms with van der Waals surface area (Å²) in [7, 11) is 0. The van der Waals surface area contributed by atoms with E-state index in [2.05, 4.69) is 12.2 Å². The second kappa shape index (κ2) is 7.58. The minimum absolute atomic E-state index is 0.394. The summed E-state index contributed by atoms with van der Waals surface area (Å²) in [5.74, 6) is 2.73. The maximum Gasteiger partial charge on any atom is 0.0897 e. The number of rotatable bonds is 8. The molecule has 3 nitrogen and oxygen atoms in total. The molecule has 3 heteroatoms. The number of hydrogen-bond donors (Lipinski definition) is 2. The fraction of sp³-hybridized carbons (Fsp3) is 0.684. The van der Waals surface area contributed by atoms with Crippen LogP contribution in [0.4, 0.5) is 0 Å². The molecule has 2 saturated carbocycles. The molecule has 1 aromatic carbocycles. The Morgan fingerprint density at radius 1 is 1.23 bits per heavy atom. The second-order valence-electron chi connectivity index (χ2n) is 7.19. The minimum atomic E-state index is -0.426. The first-order valence-electron chi connectivity index (χ1n) is 8.75. The Bertz CT molecular complexity index is 450. The van der Waals surface area contributed by atoms with Gasteiger partial charge >= 0.3 is 0 Å². The molecule has 2 aliphatic rings. The highest BCUT2D eigenvalue weighted by molar-refractivity contribution is 5.13. The van der Waals surface area contributed by atoms with E-state index in [4.69, 9.17) is 4.74 Å². The number of hydrogen-bond acceptors (Lipinski definition) is 3. The summed E-state index contributed by atoms with van der Waals surface area (Å²) in [5, 5.41) is 13.6. The van der Waals surface area contributed by atoms with Crippen molar-refractivity contribution in [3.05, 3.63) is 35.9 Å². The predicted molar refractivity (Wildman–Crippen MR) is 88.5 cm³/mol. The zero-order chi connectivity index (χ0) is 15.4. The van der Waals surface area contributed by atoms with E-state index < -0.39 is 6.10 Å². The van der Waals surface area contributed by atoms with Crippen LogP contribution in [0.15, 0.2) is 30.3 Å². The molecule has 1 aromatic rings. The van der Waals surface area contributed by atoms with E-state index in [1.54, 1.807) is 0 Å². The van der Waals surface area contributed by atoms with Gasteiger partial charge in [-0.1, -0.05) is 36.8 Å². The summed E-state index contributed by atoms with van der Waals surface area (Å²) in [6.45, 7) is 3.87. The van der Waals surface area contributed by atoms with Crippen LogP contribution >= 0.6 is 0 Å². The Morgan fingerprint density at radius 3 is 2.73 bits per heavy atom. The molecule has 0 aromatic heterocycles. The first-order chi connectivity index (χ1) is 10.7. The van der Waals surface area contributed by atoms with Crippen LogP contribution in [-0.4, -0.2) is 30.4 Å². The molecule has 0 aliphatic heterocycles. The molecule has 0 unspecified atom stereocenters. The van der Waals surface area contributed by atoms with Gasteiger partial charge in [-0.2, -0.15) is 0 Å². The van der Waals surface area contributed by atoms with E-state index in [1.807, 2.05) is 30.3 Å². The quantitative estimate of drug-likeness (QED) is 0.776. The van der Waals surface area contributed by atoms with E-state index in [0.717, 1.165) is 23.3 Å². The van der Waals surface area contributed by atoms with Crippen LogP contribution in [-0.2, 0) is 11.3 Å². The highest BCUT2D eigenvalue weighted by Crippen LogP contribution is 2.49. The molecule has 0 amide bonds. The van der Waals surface area contributed by atoms with Crippen LogP contribution in [0.2, 0.25) is 0 Å². The zero-order valence-corrected chi connectivity index (χ0v) is 13.6. The van der Waals surface area contributed by atoms with Crippen molar-refractivity contribution >= 4 is 0 Å². The molecule has 2 N–H and O–H groups in total. The molecule has 2 fully saturated rings. The largest absolute Gasteiger partial charge is 0.389 e. The van der Waals surface area contributed by atoms with Gasteiger partial charge in [-0.25, -0.2) is 0 Å². The number of aliphatic hydroxyl groups is 1. The van der Waals surface area contributed by atoms with Crippen LogP contribution in [0, 0.1) is 17.8 Å². The zero-order valence-electron chi connectivity index (χ0n) is 13.6. The Morgan fingerprint density at radius 2 is 2.05 bits per heavy atom. The smallest absolute Gasteiger partial charge is 0.0897 e. The van der Waals surface area contributed by atoms with Crippen molar-refractivity contribution in [3.8, 4) is 0 Å². The van der Waals surface area contributed by atoms with E-state index in [1.165, 1.54) is 25.7 Å². The summed E-state index contributed by atoms with van der Waals surface area (Å²) in [5.41, 5.74) is 1.15. The molecule has 5 atom stereocenters. The summed E-state index contributed by atoms with van der Waals surface area (Å²) in [6, 6.07) is 10.6. The van der Waals surface area contributed by atoms with Crippen molar-refractivity contribution < 1.29 is 9.84 Å². The maximum absolute atomic E-state index is 10.1. The lowest BCUT2D eigenvalue weighted by Gasteiger charge is -2.29. The van der Waals surface area contributed by atoms with Gasteiger partial charge in [0.15, 0.2) is 0 Å². The number of benzene rings is 1. The predicted octanol–water partition coefficient (Wildman–Crippen LogP) is 2.98. The lowest BCUT2D eigenvalue weighted by atomic mass is 9.84. The van der Waals surface area contributed by atoms with Crippen molar-refractivity contribution in [2.45, 2.75) is 51.4 Å². The minimum Gasteiger partial charge on any atom is -0.389 e. The van der Waals surface area contributed by atoms with Crippen molar-refractivity contribution in [1.82, 2.24) is 5.32 Å². The molecular weight excluding hydrogens is 274 g/mol. The SMILES string of the molecule is C[C@H](NC[C@@H](O)COCc1ccccc1)[C@H]1C[C@H]2CC[C@H]1C2.